The van der Waals surface area contributed by atoms with Gasteiger partial charge in [0.05, 0.1) is 0 Å². The van der Waals surface area contributed by atoms with E-state index in [0.717, 1.165) is 23.5 Å². The first-order valence-electron chi connectivity index (χ1n) is 11.0. The van der Waals surface area contributed by atoms with E-state index in [4.69, 9.17) is 26.6 Å². The van der Waals surface area contributed by atoms with E-state index in [9.17, 15) is 9.59 Å². The molecule has 0 aliphatic heterocycles. The largest absolute Gasteiger partial charge is 0.437 e. The summed E-state index contributed by atoms with van der Waals surface area (Å²) in [7, 11) is -10.8. The second-order valence-electron chi connectivity index (χ2n) is 10.9. The van der Waals surface area contributed by atoms with Crippen molar-refractivity contribution < 1.29 is 36.1 Å². The molecule has 0 bridgehead atoms. The highest BCUT2D eigenvalue weighted by Gasteiger charge is 2.45. The smallest absolute Gasteiger partial charge is 0.332 e. The Morgan fingerprint density at radius 3 is 1.18 bits per heavy atom. The van der Waals surface area contributed by atoms with E-state index in [0.29, 0.717) is 0 Å². The lowest BCUT2D eigenvalue weighted by molar-refractivity contribution is -0.145. The molecule has 8 nitrogen and oxygen atoms in total. The number of carbonyl (C=O) groups is 2. The van der Waals surface area contributed by atoms with Crippen LogP contribution in [0.2, 0.25) is 76.8 Å². The molecule has 0 radical (unpaired) electrons. The van der Waals surface area contributed by atoms with Gasteiger partial charge in [0.15, 0.2) is 46.9 Å². The lowest BCUT2D eigenvalue weighted by Crippen LogP contribution is -2.56. The molecule has 0 aromatic rings. The van der Waals surface area contributed by atoms with Gasteiger partial charge in [0.1, 0.15) is 0 Å². The lowest BCUT2D eigenvalue weighted by atomic mass is 10.7. The second kappa shape index (κ2) is 12.9. The standard InChI is InChI=1S/C20H44O8Si5/c1-13-19(21)23-15-25-29(3,4)17-31(7,8)27-33(11,12)28-32(9,10)18-30(5,6)26-16-24-20(22)14-2/h13-14H,1-2,15-18H2,3-12H3. The van der Waals surface area contributed by atoms with Crippen molar-refractivity contribution in [3.63, 3.8) is 0 Å². The number of rotatable bonds is 16. The molecule has 0 aromatic heterocycles. The van der Waals surface area contributed by atoms with E-state index >= 15 is 0 Å². The van der Waals surface area contributed by atoms with Crippen molar-refractivity contribution in [2.75, 3.05) is 13.6 Å². The van der Waals surface area contributed by atoms with Gasteiger partial charge in [-0.15, -0.1) is 0 Å². The van der Waals surface area contributed by atoms with E-state index in [2.05, 4.69) is 78.6 Å². The SMILES string of the molecule is C=CC(=O)OCO[Si](C)(C)C[Si](C)(C)O[Si](C)(C)O[Si](C)(C)C[Si](C)(C)OCOC(=O)C=C. The highest BCUT2D eigenvalue weighted by Crippen LogP contribution is 2.30. The van der Waals surface area contributed by atoms with Crippen LogP contribution in [0.25, 0.3) is 0 Å². The van der Waals surface area contributed by atoms with E-state index in [-0.39, 0.29) is 13.6 Å². The normalized spacial score (nSPS) is 13.4. The zero-order valence-electron chi connectivity index (χ0n) is 22.2. The van der Waals surface area contributed by atoms with Crippen molar-refractivity contribution in [3.05, 3.63) is 25.3 Å². The second-order valence-corrected chi connectivity index (χ2v) is 32.8. The highest BCUT2D eigenvalue weighted by atomic mass is 28.5. The molecule has 0 aliphatic carbocycles. The minimum absolute atomic E-state index is 0.0619. The predicted molar refractivity (Wildman–Crippen MR) is 144 cm³/mol. The van der Waals surface area contributed by atoms with Crippen LogP contribution in [0.4, 0.5) is 0 Å². The molecule has 33 heavy (non-hydrogen) atoms. The molecular formula is C20H44O8Si5. The first-order chi connectivity index (χ1) is 14.7. The molecule has 0 aliphatic rings. The minimum atomic E-state index is -2.42. The molecule has 0 rings (SSSR count). The maximum absolute atomic E-state index is 11.2. The molecule has 0 aromatic carbocycles. The Bertz CT molecular complexity index is 636. The third kappa shape index (κ3) is 15.8. The molecule has 0 saturated carbocycles. The van der Waals surface area contributed by atoms with Gasteiger partial charge in [-0.05, 0) is 76.8 Å². The van der Waals surface area contributed by atoms with Crippen LogP contribution in [0, 0.1) is 0 Å². The predicted octanol–water partition coefficient (Wildman–Crippen LogP) is 5.03. The van der Waals surface area contributed by atoms with Gasteiger partial charge in [-0.25, -0.2) is 9.59 Å². The van der Waals surface area contributed by atoms with Crippen LogP contribution in [-0.4, -0.2) is 67.4 Å². The molecule has 0 spiro atoms. The summed E-state index contributed by atoms with van der Waals surface area (Å²) in [5.74, 6) is -0.980. The van der Waals surface area contributed by atoms with E-state index in [1.54, 1.807) is 0 Å². The maximum atomic E-state index is 11.2. The van der Waals surface area contributed by atoms with E-state index < -0.39 is 53.8 Å². The van der Waals surface area contributed by atoms with Gasteiger partial charge in [-0.1, -0.05) is 13.2 Å². The van der Waals surface area contributed by atoms with Crippen LogP contribution in [0.1, 0.15) is 0 Å². The maximum Gasteiger partial charge on any atom is 0.332 e. The summed E-state index contributed by atoms with van der Waals surface area (Å²) in [5, 5.41) is 0. The van der Waals surface area contributed by atoms with Crippen molar-refractivity contribution in [1.82, 2.24) is 0 Å². The van der Waals surface area contributed by atoms with Crippen molar-refractivity contribution in [3.8, 4) is 0 Å². The number of ether oxygens (including phenoxy) is 2. The van der Waals surface area contributed by atoms with Gasteiger partial charge in [-0.2, -0.15) is 0 Å². The molecule has 192 valence electrons. The summed E-state index contributed by atoms with van der Waals surface area (Å²) >= 11 is 0. The van der Waals surface area contributed by atoms with Crippen LogP contribution in [-0.2, 0) is 36.1 Å². The first kappa shape index (κ1) is 32.3. The third-order valence-electron chi connectivity index (χ3n) is 4.38. The van der Waals surface area contributed by atoms with Crippen molar-refractivity contribution in [2.45, 2.75) is 76.8 Å². The summed E-state index contributed by atoms with van der Waals surface area (Å²) in [4.78, 5) is 22.5. The number of hydrogen-bond donors (Lipinski definition) is 0. The van der Waals surface area contributed by atoms with Gasteiger partial charge in [0, 0.05) is 12.2 Å². The minimum Gasteiger partial charge on any atom is -0.437 e. The Morgan fingerprint density at radius 2 is 0.909 bits per heavy atom. The lowest BCUT2D eigenvalue weighted by Gasteiger charge is -2.42. The van der Waals surface area contributed by atoms with Crippen molar-refractivity contribution in [2.24, 2.45) is 0 Å². The molecule has 0 atom stereocenters. The fourth-order valence-electron chi connectivity index (χ4n) is 4.19. The Kier molecular flexibility index (Phi) is 12.6. The number of esters is 2. The highest BCUT2D eigenvalue weighted by molar-refractivity contribution is 6.96. The summed E-state index contributed by atoms with van der Waals surface area (Å²) in [6.07, 6.45) is 2.25. The topological polar surface area (TPSA) is 89.5 Å². The quantitative estimate of drug-likeness (QED) is 0.114. The van der Waals surface area contributed by atoms with Gasteiger partial charge in [0.2, 0.25) is 0 Å². The Morgan fingerprint density at radius 1 is 0.606 bits per heavy atom. The van der Waals surface area contributed by atoms with Crippen LogP contribution < -0.4 is 0 Å². The molecule has 0 heterocycles. The van der Waals surface area contributed by atoms with Gasteiger partial charge < -0.3 is 26.6 Å². The van der Waals surface area contributed by atoms with Gasteiger partial charge in [0.25, 0.3) is 0 Å². The van der Waals surface area contributed by atoms with Gasteiger partial charge >= 0.3 is 20.5 Å². The van der Waals surface area contributed by atoms with E-state index in [1.807, 2.05) is 0 Å². The molecule has 0 unspecified atom stereocenters. The van der Waals surface area contributed by atoms with Crippen molar-refractivity contribution >= 4 is 53.8 Å². The van der Waals surface area contributed by atoms with E-state index in [1.165, 1.54) is 0 Å². The van der Waals surface area contributed by atoms with Crippen LogP contribution in [0.5, 0.6) is 0 Å². The van der Waals surface area contributed by atoms with Crippen LogP contribution in [0.3, 0.4) is 0 Å². The fraction of sp³-hybridized carbons (Fsp3) is 0.700. The van der Waals surface area contributed by atoms with Crippen molar-refractivity contribution in [1.29, 1.82) is 0 Å². The molecule has 13 heteroatoms. The Hall–Kier alpha value is -0.656. The monoisotopic (exact) mass is 552 g/mol. The molecule has 0 amide bonds. The third-order valence-corrected chi connectivity index (χ3v) is 28.2. The number of carbonyl (C=O) groups excluding carboxylic acids is 2. The first-order valence-corrected chi connectivity index (χ1v) is 26.3. The van der Waals surface area contributed by atoms with Crippen LogP contribution in [0.15, 0.2) is 25.3 Å². The van der Waals surface area contributed by atoms with Gasteiger partial charge in [-0.3, -0.25) is 0 Å². The summed E-state index contributed by atoms with van der Waals surface area (Å²) < 4.78 is 35.2. The Balaban J connectivity index is 4.93. The summed E-state index contributed by atoms with van der Waals surface area (Å²) in [6, 6.07) is 0. The average Bonchev–Trinajstić information content (AvgIpc) is 2.56. The summed E-state index contributed by atoms with van der Waals surface area (Å²) in [6.45, 7) is 28.0. The van der Waals surface area contributed by atoms with Crippen LogP contribution >= 0.6 is 0 Å². The molecule has 0 fully saturated rings. The Labute approximate surface area is 205 Å². The molecular weight excluding hydrogens is 509 g/mol. The number of hydrogen-bond acceptors (Lipinski definition) is 8. The molecule has 0 N–H and O–H groups in total. The zero-order valence-corrected chi connectivity index (χ0v) is 27.2. The average molecular weight is 553 g/mol. The zero-order chi connectivity index (χ0) is 26.1. The summed E-state index contributed by atoms with van der Waals surface area (Å²) in [5.41, 5.74) is 1.71. The fourth-order valence-corrected chi connectivity index (χ4v) is 35.2. The molecule has 0 saturated heterocycles.